The second kappa shape index (κ2) is 6.17. The van der Waals surface area contributed by atoms with Crippen molar-refractivity contribution in [2.24, 2.45) is 4.99 Å². The van der Waals surface area contributed by atoms with Crippen LogP contribution in [0.2, 0.25) is 0 Å². The summed E-state index contributed by atoms with van der Waals surface area (Å²) in [4.78, 5) is 5.57. The smallest absolute Gasteiger partial charge is 0.127 e. The van der Waals surface area contributed by atoms with Crippen LogP contribution in [0.3, 0.4) is 0 Å². The Bertz CT molecular complexity index is 673. The number of aliphatic imine (C=N–C) groups is 1. The van der Waals surface area contributed by atoms with Crippen LogP contribution in [-0.2, 0) is 0 Å². The largest absolute Gasteiger partial charge is 0.457 e. The van der Waals surface area contributed by atoms with E-state index in [0.717, 1.165) is 22.1 Å². The minimum atomic E-state index is 0.811. The van der Waals surface area contributed by atoms with Crippen LogP contribution >= 0.6 is 11.3 Å². The van der Waals surface area contributed by atoms with Crippen LogP contribution in [-0.4, -0.2) is 6.21 Å². The van der Waals surface area contributed by atoms with Crippen molar-refractivity contribution < 1.29 is 4.74 Å². The molecule has 0 unspecified atom stereocenters. The van der Waals surface area contributed by atoms with Crippen LogP contribution in [0.5, 0.6) is 11.5 Å². The molecule has 0 aliphatic carbocycles. The molecule has 3 heteroatoms. The van der Waals surface area contributed by atoms with E-state index in [9.17, 15) is 0 Å². The standard InChI is InChI=1S/C17H13NOS/c1-2-5-15(6-3-1)19-16-10-8-14(9-11-16)18-13-17-7-4-12-20-17/h1-13H. The van der Waals surface area contributed by atoms with E-state index >= 15 is 0 Å². The average molecular weight is 279 g/mol. The summed E-state index contributed by atoms with van der Waals surface area (Å²) in [6.07, 6.45) is 1.87. The summed E-state index contributed by atoms with van der Waals surface area (Å²) in [7, 11) is 0. The van der Waals surface area contributed by atoms with E-state index in [-0.39, 0.29) is 0 Å². The van der Waals surface area contributed by atoms with Crippen LogP contribution < -0.4 is 4.74 Å². The molecular formula is C17H13NOS. The number of benzene rings is 2. The summed E-state index contributed by atoms with van der Waals surface area (Å²) in [5.74, 6) is 1.65. The van der Waals surface area contributed by atoms with Crippen LogP contribution in [0.1, 0.15) is 4.88 Å². The molecule has 0 radical (unpaired) electrons. The molecule has 1 aromatic heterocycles. The number of para-hydroxylation sites is 1. The molecule has 0 saturated carbocycles. The Hall–Kier alpha value is -2.39. The zero-order valence-corrected chi connectivity index (χ0v) is 11.6. The van der Waals surface area contributed by atoms with Crippen LogP contribution in [0.25, 0.3) is 0 Å². The minimum Gasteiger partial charge on any atom is -0.457 e. The second-order valence-corrected chi connectivity index (χ2v) is 5.16. The van der Waals surface area contributed by atoms with Crippen molar-refractivity contribution in [1.29, 1.82) is 0 Å². The Morgan fingerprint density at radius 1 is 0.800 bits per heavy atom. The first kappa shape index (κ1) is 12.6. The Kier molecular flexibility index (Phi) is 3.90. The van der Waals surface area contributed by atoms with Crippen molar-refractivity contribution in [3.05, 3.63) is 77.0 Å². The van der Waals surface area contributed by atoms with Gasteiger partial charge in [0.2, 0.25) is 0 Å². The highest BCUT2D eigenvalue weighted by Gasteiger charge is 1.96. The van der Waals surface area contributed by atoms with E-state index in [4.69, 9.17) is 4.74 Å². The van der Waals surface area contributed by atoms with Crippen molar-refractivity contribution >= 4 is 23.2 Å². The first-order valence-corrected chi connectivity index (χ1v) is 7.19. The third-order valence-electron chi connectivity index (χ3n) is 2.70. The summed E-state index contributed by atoms with van der Waals surface area (Å²) in [5.41, 5.74) is 0.916. The van der Waals surface area contributed by atoms with Crippen molar-refractivity contribution in [3.8, 4) is 11.5 Å². The lowest BCUT2D eigenvalue weighted by Gasteiger charge is -2.05. The van der Waals surface area contributed by atoms with Gasteiger partial charge in [0, 0.05) is 11.1 Å². The van der Waals surface area contributed by atoms with Gasteiger partial charge in [-0.15, -0.1) is 11.3 Å². The molecule has 0 spiro atoms. The predicted octanol–water partition coefficient (Wildman–Crippen LogP) is 5.29. The number of rotatable bonds is 4. The predicted molar refractivity (Wildman–Crippen MR) is 84.5 cm³/mol. The fraction of sp³-hybridized carbons (Fsp3) is 0. The highest BCUT2D eigenvalue weighted by Crippen LogP contribution is 2.23. The lowest BCUT2D eigenvalue weighted by atomic mass is 10.3. The maximum absolute atomic E-state index is 5.73. The van der Waals surface area contributed by atoms with Gasteiger partial charge in [0.1, 0.15) is 11.5 Å². The first-order valence-electron chi connectivity index (χ1n) is 6.31. The Morgan fingerprint density at radius 2 is 1.55 bits per heavy atom. The molecule has 0 fully saturated rings. The van der Waals surface area contributed by atoms with E-state index in [1.165, 1.54) is 0 Å². The monoisotopic (exact) mass is 279 g/mol. The lowest BCUT2D eigenvalue weighted by molar-refractivity contribution is 0.483. The Balaban J connectivity index is 1.68. The second-order valence-electron chi connectivity index (χ2n) is 4.18. The molecule has 2 aromatic carbocycles. The topological polar surface area (TPSA) is 21.6 Å². The highest BCUT2D eigenvalue weighted by atomic mass is 32.1. The van der Waals surface area contributed by atoms with Gasteiger partial charge in [0.15, 0.2) is 0 Å². The first-order chi connectivity index (χ1) is 9.90. The van der Waals surface area contributed by atoms with Gasteiger partial charge in [0.05, 0.1) is 5.69 Å². The van der Waals surface area contributed by atoms with Crippen LogP contribution in [0.4, 0.5) is 5.69 Å². The zero-order valence-electron chi connectivity index (χ0n) is 10.8. The summed E-state index contributed by atoms with van der Waals surface area (Å²) in [5, 5.41) is 2.04. The molecule has 0 atom stereocenters. The maximum Gasteiger partial charge on any atom is 0.127 e. The third kappa shape index (κ3) is 3.33. The van der Waals surface area contributed by atoms with Gasteiger partial charge in [-0.05, 0) is 47.8 Å². The highest BCUT2D eigenvalue weighted by molar-refractivity contribution is 7.11. The molecule has 2 nitrogen and oxygen atoms in total. The number of thiophene rings is 1. The molecule has 1 heterocycles. The molecule has 3 rings (SSSR count). The SMILES string of the molecule is C(=Nc1ccc(Oc2ccccc2)cc1)c1cccs1. The average Bonchev–Trinajstić information content (AvgIpc) is 3.01. The molecule has 98 valence electrons. The minimum absolute atomic E-state index is 0.811. The zero-order chi connectivity index (χ0) is 13.6. The quantitative estimate of drug-likeness (QED) is 0.594. The number of hydrogen-bond donors (Lipinski definition) is 0. The molecule has 20 heavy (non-hydrogen) atoms. The van der Waals surface area contributed by atoms with Gasteiger partial charge in [-0.1, -0.05) is 24.3 Å². The van der Waals surface area contributed by atoms with E-state index in [1.807, 2.05) is 78.3 Å². The van der Waals surface area contributed by atoms with Crippen LogP contribution in [0, 0.1) is 0 Å². The summed E-state index contributed by atoms with van der Waals surface area (Å²) < 4.78 is 5.73. The fourth-order valence-corrected chi connectivity index (χ4v) is 2.31. The van der Waals surface area contributed by atoms with Gasteiger partial charge < -0.3 is 4.74 Å². The fourth-order valence-electron chi connectivity index (χ4n) is 1.73. The molecule has 3 aromatic rings. The molecular weight excluding hydrogens is 266 g/mol. The van der Waals surface area contributed by atoms with Crippen molar-refractivity contribution in [3.63, 3.8) is 0 Å². The molecule has 0 N–H and O–H groups in total. The van der Waals surface area contributed by atoms with E-state index < -0.39 is 0 Å². The number of ether oxygens (including phenoxy) is 1. The molecule has 0 bridgehead atoms. The number of nitrogens with zero attached hydrogens (tertiary/aromatic N) is 1. The maximum atomic E-state index is 5.73. The van der Waals surface area contributed by atoms with Gasteiger partial charge in [-0.25, -0.2) is 0 Å². The van der Waals surface area contributed by atoms with Gasteiger partial charge >= 0.3 is 0 Å². The van der Waals surface area contributed by atoms with Crippen molar-refractivity contribution in [2.45, 2.75) is 0 Å². The van der Waals surface area contributed by atoms with Crippen LogP contribution in [0.15, 0.2) is 77.1 Å². The normalized spacial score (nSPS) is 10.8. The van der Waals surface area contributed by atoms with Gasteiger partial charge in [0.25, 0.3) is 0 Å². The molecule has 0 aliphatic rings. The third-order valence-corrected chi connectivity index (χ3v) is 3.51. The van der Waals surface area contributed by atoms with Gasteiger partial charge in [-0.2, -0.15) is 0 Å². The van der Waals surface area contributed by atoms with Crippen molar-refractivity contribution in [1.82, 2.24) is 0 Å². The van der Waals surface area contributed by atoms with E-state index in [0.29, 0.717) is 0 Å². The summed E-state index contributed by atoms with van der Waals surface area (Å²) >= 11 is 1.67. The number of hydrogen-bond acceptors (Lipinski definition) is 3. The Morgan fingerprint density at radius 3 is 2.25 bits per heavy atom. The van der Waals surface area contributed by atoms with E-state index in [2.05, 4.69) is 4.99 Å². The Labute approximate surface area is 122 Å². The summed E-state index contributed by atoms with van der Waals surface area (Å²) in [6.45, 7) is 0. The molecule has 0 amide bonds. The van der Waals surface area contributed by atoms with Crippen molar-refractivity contribution in [2.75, 3.05) is 0 Å². The molecule has 0 saturated heterocycles. The van der Waals surface area contributed by atoms with E-state index in [1.54, 1.807) is 11.3 Å². The lowest BCUT2D eigenvalue weighted by Crippen LogP contribution is -1.82. The summed E-state index contributed by atoms with van der Waals surface area (Å²) in [6, 6.07) is 21.5. The van der Waals surface area contributed by atoms with Gasteiger partial charge in [-0.3, -0.25) is 4.99 Å². The molecule has 0 aliphatic heterocycles.